The van der Waals surface area contributed by atoms with Gasteiger partial charge in [0.15, 0.2) is 15.7 Å². The number of anilines is 1. The van der Waals surface area contributed by atoms with E-state index in [1.807, 2.05) is 18.7 Å². The fraction of sp³-hybridized carbons (Fsp3) is 0.346. The van der Waals surface area contributed by atoms with E-state index in [4.69, 9.17) is 9.26 Å². The second-order valence-corrected chi connectivity index (χ2v) is 11.4. The summed E-state index contributed by atoms with van der Waals surface area (Å²) in [6.07, 6.45) is 3.79. The summed E-state index contributed by atoms with van der Waals surface area (Å²) in [6, 6.07) is 8.99. The first-order valence-corrected chi connectivity index (χ1v) is 13.8. The Hall–Kier alpha value is -3.60. The highest BCUT2D eigenvalue weighted by Crippen LogP contribution is 2.36. The minimum Gasteiger partial charge on any atom is -0.490 e. The summed E-state index contributed by atoms with van der Waals surface area (Å²) in [5.74, 6) is -0.423. The Balaban J connectivity index is 1.39. The average Bonchev–Trinajstić information content (AvgIpc) is 3.36. The van der Waals surface area contributed by atoms with E-state index in [1.165, 1.54) is 0 Å². The molecule has 0 aliphatic carbocycles. The van der Waals surface area contributed by atoms with Gasteiger partial charge in [0.1, 0.15) is 28.4 Å². The number of benzene rings is 2. The smallest absolute Gasteiger partial charge is 0.324 e. The van der Waals surface area contributed by atoms with Gasteiger partial charge in [0.25, 0.3) is 0 Å². The Labute approximate surface area is 213 Å². The van der Waals surface area contributed by atoms with Crippen molar-refractivity contribution in [2.45, 2.75) is 43.6 Å². The van der Waals surface area contributed by atoms with Gasteiger partial charge in [-0.2, -0.15) is 4.98 Å². The molecule has 194 valence electrons. The predicted octanol–water partition coefficient (Wildman–Crippen LogP) is 5.14. The molecule has 0 spiro atoms. The lowest BCUT2D eigenvalue weighted by atomic mass is 10.0. The third-order valence-corrected chi connectivity index (χ3v) is 7.51. The number of sulfone groups is 1. The number of aromatic nitrogens is 3. The first kappa shape index (κ1) is 25.1. The zero-order valence-corrected chi connectivity index (χ0v) is 21.4. The minimum atomic E-state index is -3.91. The molecule has 5 rings (SSSR count). The lowest BCUT2D eigenvalue weighted by molar-refractivity contribution is 0.170. The van der Waals surface area contributed by atoms with Crippen molar-refractivity contribution >= 4 is 26.8 Å². The normalized spacial score (nSPS) is 15.0. The largest absolute Gasteiger partial charge is 0.490 e. The number of rotatable bonds is 6. The van der Waals surface area contributed by atoms with Crippen LogP contribution in [0.5, 0.6) is 5.75 Å². The Kier molecular flexibility index (Phi) is 6.57. The number of ether oxygens (including phenoxy) is 1. The van der Waals surface area contributed by atoms with Gasteiger partial charge in [-0.15, -0.1) is 0 Å². The van der Waals surface area contributed by atoms with Gasteiger partial charge >= 0.3 is 6.01 Å². The van der Waals surface area contributed by atoms with Crippen LogP contribution in [0.3, 0.4) is 0 Å². The zero-order valence-electron chi connectivity index (χ0n) is 20.6. The standard InChI is InChI=1S/C26H26F2N4O4S/c1-15(2)25-30-26(36-31-25)32-11-8-16(9-12-32)35-22-7-10-29-24-17(5-4-6-18(22)24)19-13-21(28)23(14-20(19)27)37(3,33)34/h4-7,10,13-16H,8-9,11-12H2,1-3H3. The summed E-state index contributed by atoms with van der Waals surface area (Å²) in [5, 5.41) is 4.67. The molecule has 37 heavy (non-hydrogen) atoms. The van der Waals surface area contributed by atoms with Crippen LogP contribution in [0.15, 0.2) is 52.0 Å². The first-order chi connectivity index (χ1) is 17.6. The van der Waals surface area contributed by atoms with Crippen LogP contribution in [0.2, 0.25) is 0 Å². The van der Waals surface area contributed by atoms with Crippen LogP contribution < -0.4 is 9.64 Å². The molecule has 1 fully saturated rings. The lowest BCUT2D eigenvalue weighted by Gasteiger charge is -2.31. The van der Waals surface area contributed by atoms with Crippen molar-refractivity contribution < 1.29 is 26.5 Å². The molecule has 2 aromatic heterocycles. The molecule has 0 unspecified atom stereocenters. The van der Waals surface area contributed by atoms with Crippen molar-refractivity contribution in [1.29, 1.82) is 0 Å². The highest BCUT2D eigenvalue weighted by Gasteiger charge is 2.26. The SMILES string of the molecule is CC(C)c1noc(N2CCC(Oc3ccnc4c(-c5cc(F)c(S(C)(=O)=O)cc5F)cccc34)CC2)n1. The predicted molar refractivity (Wildman–Crippen MR) is 134 cm³/mol. The second-order valence-electron chi connectivity index (χ2n) is 9.44. The summed E-state index contributed by atoms with van der Waals surface area (Å²) in [4.78, 5) is 10.2. The summed E-state index contributed by atoms with van der Waals surface area (Å²) < 4.78 is 64.8. The molecule has 1 aliphatic heterocycles. The van der Waals surface area contributed by atoms with Gasteiger partial charge in [-0.1, -0.05) is 31.1 Å². The Morgan fingerprint density at radius 2 is 1.84 bits per heavy atom. The van der Waals surface area contributed by atoms with Gasteiger partial charge in [0.2, 0.25) is 0 Å². The van der Waals surface area contributed by atoms with E-state index in [1.54, 1.807) is 30.5 Å². The molecule has 2 aromatic carbocycles. The number of halogens is 2. The van der Waals surface area contributed by atoms with Gasteiger partial charge in [-0.25, -0.2) is 17.2 Å². The van der Waals surface area contributed by atoms with Crippen molar-refractivity contribution in [2.24, 2.45) is 0 Å². The molecule has 0 saturated carbocycles. The highest BCUT2D eigenvalue weighted by molar-refractivity contribution is 7.90. The maximum atomic E-state index is 15.0. The maximum absolute atomic E-state index is 15.0. The average molecular weight is 529 g/mol. The number of piperidine rings is 1. The summed E-state index contributed by atoms with van der Waals surface area (Å²) in [7, 11) is -3.91. The molecule has 0 atom stereocenters. The highest BCUT2D eigenvalue weighted by atomic mass is 32.2. The number of para-hydroxylation sites is 1. The quantitative estimate of drug-likeness (QED) is 0.339. The molecule has 0 radical (unpaired) electrons. The minimum absolute atomic E-state index is 0.0683. The molecule has 8 nitrogen and oxygen atoms in total. The van der Waals surface area contributed by atoms with Crippen LogP contribution in [0.1, 0.15) is 38.4 Å². The van der Waals surface area contributed by atoms with Crippen LogP contribution in [-0.4, -0.2) is 49.0 Å². The van der Waals surface area contributed by atoms with E-state index in [9.17, 15) is 17.2 Å². The van der Waals surface area contributed by atoms with Crippen molar-refractivity contribution in [3.63, 3.8) is 0 Å². The van der Waals surface area contributed by atoms with Gasteiger partial charge in [-0.05, 0) is 24.3 Å². The summed E-state index contributed by atoms with van der Waals surface area (Å²) in [5.41, 5.74) is 0.690. The van der Waals surface area contributed by atoms with Gasteiger partial charge in [-0.3, -0.25) is 4.98 Å². The molecule has 0 amide bonds. The van der Waals surface area contributed by atoms with Gasteiger partial charge in [0, 0.05) is 60.8 Å². The summed E-state index contributed by atoms with van der Waals surface area (Å²) in [6.45, 7) is 5.40. The van der Waals surface area contributed by atoms with Crippen molar-refractivity contribution in [3.8, 4) is 16.9 Å². The first-order valence-electron chi connectivity index (χ1n) is 11.9. The lowest BCUT2D eigenvalue weighted by Crippen LogP contribution is -2.38. The zero-order chi connectivity index (χ0) is 26.3. The molecular weight excluding hydrogens is 502 g/mol. The third-order valence-electron chi connectivity index (χ3n) is 6.40. The number of hydrogen-bond donors (Lipinski definition) is 0. The fourth-order valence-corrected chi connectivity index (χ4v) is 5.15. The molecule has 3 heterocycles. The van der Waals surface area contributed by atoms with Gasteiger partial charge < -0.3 is 14.2 Å². The molecule has 11 heteroatoms. The van der Waals surface area contributed by atoms with E-state index < -0.39 is 26.4 Å². The second kappa shape index (κ2) is 9.70. The Morgan fingerprint density at radius 3 is 2.51 bits per heavy atom. The van der Waals surface area contributed by atoms with Crippen LogP contribution in [0.25, 0.3) is 22.0 Å². The van der Waals surface area contributed by atoms with Crippen LogP contribution >= 0.6 is 0 Å². The van der Waals surface area contributed by atoms with Crippen molar-refractivity contribution in [3.05, 3.63) is 60.1 Å². The number of hydrogen-bond acceptors (Lipinski definition) is 8. The number of pyridine rings is 1. The topological polar surface area (TPSA) is 98.4 Å². The summed E-state index contributed by atoms with van der Waals surface area (Å²) >= 11 is 0. The van der Waals surface area contributed by atoms with E-state index in [0.717, 1.165) is 25.2 Å². The molecule has 0 N–H and O–H groups in total. The molecule has 0 bridgehead atoms. The van der Waals surface area contributed by atoms with Gasteiger partial charge in [0.05, 0.1) is 5.52 Å². The number of fused-ring (bicyclic) bond motifs is 1. The van der Waals surface area contributed by atoms with Crippen LogP contribution in [-0.2, 0) is 9.84 Å². The van der Waals surface area contributed by atoms with Crippen LogP contribution in [0, 0.1) is 11.6 Å². The van der Waals surface area contributed by atoms with Crippen LogP contribution in [0.4, 0.5) is 14.8 Å². The van der Waals surface area contributed by atoms with E-state index in [2.05, 4.69) is 15.1 Å². The Bertz CT molecular complexity index is 1560. The molecule has 1 saturated heterocycles. The van der Waals surface area contributed by atoms with Crippen molar-refractivity contribution in [1.82, 2.24) is 15.1 Å². The third kappa shape index (κ3) is 5.00. The fourth-order valence-electron chi connectivity index (χ4n) is 4.42. The maximum Gasteiger partial charge on any atom is 0.324 e. The monoisotopic (exact) mass is 528 g/mol. The number of nitrogens with zero attached hydrogens (tertiary/aromatic N) is 4. The molecular formula is C26H26F2N4O4S. The van der Waals surface area contributed by atoms with Crippen molar-refractivity contribution in [2.75, 3.05) is 24.2 Å². The molecule has 4 aromatic rings. The van der Waals surface area contributed by atoms with E-state index in [0.29, 0.717) is 53.2 Å². The van der Waals surface area contributed by atoms with E-state index in [-0.39, 0.29) is 17.6 Å². The van der Waals surface area contributed by atoms with E-state index >= 15 is 0 Å². The Morgan fingerprint density at radius 1 is 1.08 bits per heavy atom. The molecule has 1 aliphatic rings.